The highest BCUT2D eigenvalue weighted by molar-refractivity contribution is 5.97. The molecule has 4 heteroatoms. The summed E-state index contributed by atoms with van der Waals surface area (Å²) in [7, 11) is 0. The van der Waals surface area contributed by atoms with Crippen LogP contribution in [0.25, 0.3) is 0 Å². The van der Waals surface area contributed by atoms with Crippen LogP contribution in [0.1, 0.15) is 46.4 Å². The third-order valence-electron chi connectivity index (χ3n) is 3.51. The zero-order valence-electron chi connectivity index (χ0n) is 11.5. The highest BCUT2D eigenvalue weighted by Gasteiger charge is 2.18. The van der Waals surface area contributed by atoms with E-state index in [0.29, 0.717) is 23.7 Å². The number of amides is 2. The Labute approximate surface area is 119 Å². The van der Waals surface area contributed by atoms with E-state index in [1.54, 1.807) is 30.3 Å². The summed E-state index contributed by atoms with van der Waals surface area (Å²) in [4.78, 5) is 23.7. The SMILES string of the molecule is C=CCNC(=O)c1ccc(C(=O)NC2CCCC2)cc1. The second-order valence-electron chi connectivity index (χ2n) is 5.03. The zero-order chi connectivity index (χ0) is 14.4. The lowest BCUT2D eigenvalue weighted by molar-refractivity contribution is 0.0932. The van der Waals surface area contributed by atoms with Gasteiger partial charge in [0.2, 0.25) is 0 Å². The Bertz CT molecular complexity index is 488. The molecule has 1 aliphatic rings. The van der Waals surface area contributed by atoms with Crippen molar-refractivity contribution in [3.63, 3.8) is 0 Å². The van der Waals surface area contributed by atoms with Crippen LogP contribution in [-0.4, -0.2) is 24.4 Å². The molecule has 0 aliphatic heterocycles. The van der Waals surface area contributed by atoms with E-state index in [0.717, 1.165) is 12.8 Å². The van der Waals surface area contributed by atoms with Crippen LogP contribution in [-0.2, 0) is 0 Å². The highest BCUT2D eigenvalue weighted by Crippen LogP contribution is 2.18. The van der Waals surface area contributed by atoms with Crippen molar-refractivity contribution in [1.29, 1.82) is 0 Å². The molecule has 2 N–H and O–H groups in total. The molecular formula is C16H20N2O2. The lowest BCUT2D eigenvalue weighted by Crippen LogP contribution is -2.32. The largest absolute Gasteiger partial charge is 0.349 e. The molecule has 0 radical (unpaired) electrons. The summed E-state index contributed by atoms with van der Waals surface area (Å²) in [6.07, 6.45) is 6.13. The van der Waals surface area contributed by atoms with Gasteiger partial charge in [-0.3, -0.25) is 9.59 Å². The van der Waals surface area contributed by atoms with Gasteiger partial charge in [-0.05, 0) is 37.1 Å². The standard InChI is InChI=1S/C16H20N2O2/c1-2-11-17-15(19)12-7-9-13(10-8-12)16(20)18-14-5-3-4-6-14/h2,7-10,14H,1,3-6,11H2,(H,17,19)(H,18,20). The van der Waals surface area contributed by atoms with Gasteiger partial charge in [-0.1, -0.05) is 18.9 Å². The van der Waals surface area contributed by atoms with E-state index >= 15 is 0 Å². The van der Waals surface area contributed by atoms with Gasteiger partial charge >= 0.3 is 0 Å². The summed E-state index contributed by atoms with van der Waals surface area (Å²) in [6.45, 7) is 3.98. The summed E-state index contributed by atoms with van der Waals surface area (Å²) in [6, 6.07) is 7.02. The summed E-state index contributed by atoms with van der Waals surface area (Å²) < 4.78 is 0. The van der Waals surface area contributed by atoms with Crippen molar-refractivity contribution in [3.8, 4) is 0 Å². The minimum Gasteiger partial charge on any atom is -0.349 e. The van der Waals surface area contributed by atoms with Crippen molar-refractivity contribution in [3.05, 3.63) is 48.0 Å². The van der Waals surface area contributed by atoms with Crippen LogP contribution >= 0.6 is 0 Å². The molecule has 0 aromatic heterocycles. The first-order valence-corrected chi connectivity index (χ1v) is 7.00. The van der Waals surface area contributed by atoms with E-state index in [1.807, 2.05) is 0 Å². The van der Waals surface area contributed by atoms with Crippen LogP contribution in [0.15, 0.2) is 36.9 Å². The number of benzene rings is 1. The third-order valence-corrected chi connectivity index (χ3v) is 3.51. The van der Waals surface area contributed by atoms with Crippen LogP contribution in [0.3, 0.4) is 0 Å². The maximum atomic E-state index is 12.0. The van der Waals surface area contributed by atoms with Gasteiger partial charge in [0.25, 0.3) is 11.8 Å². The molecule has 4 nitrogen and oxygen atoms in total. The second kappa shape index (κ2) is 6.89. The molecule has 106 valence electrons. The molecule has 1 saturated carbocycles. The Morgan fingerprint density at radius 1 is 1.10 bits per heavy atom. The number of carbonyl (C=O) groups excluding carboxylic acids is 2. The fourth-order valence-electron chi connectivity index (χ4n) is 2.38. The first-order chi connectivity index (χ1) is 9.70. The molecule has 1 aromatic carbocycles. The Morgan fingerprint density at radius 2 is 1.65 bits per heavy atom. The summed E-state index contributed by atoms with van der Waals surface area (Å²) in [5.74, 6) is -0.220. The topological polar surface area (TPSA) is 58.2 Å². The fourth-order valence-corrected chi connectivity index (χ4v) is 2.38. The first-order valence-electron chi connectivity index (χ1n) is 7.00. The lowest BCUT2D eigenvalue weighted by atomic mass is 10.1. The molecule has 2 amide bonds. The predicted molar refractivity (Wildman–Crippen MR) is 78.7 cm³/mol. The van der Waals surface area contributed by atoms with Crippen molar-refractivity contribution in [2.45, 2.75) is 31.7 Å². The van der Waals surface area contributed by atoms with Crippen LogP contribution < -0.4 is 10.6 Å². The number of carbonyl (C=O) groups is 2. The number of rotatable bonds is 5. The summed E-state index contributed by atoms with van der Waals surface area (Å²) in [5, 5.41) is 5.72. The van der Waals surface area contributed by atoms with Gasteiger partial charge in [0.15, 0.2) is 0 Å². The van der Waals surface area contributed by atoms with Crippen LogP contribution in [0, 0.1) is 0 Å². The van der Waals surface area contributed by atoms with Crippen molar-refractivity contribution in [1.82, 2.24) is 10.6 Å². The number of hydrogen-bond acceptors (Lipinski definition) is 2. The molecule has 0 saturated heterocycles. The van der Waals surface area contributed by atoms with Gasteiger partial charge in [-0.15, -0.1) is 6.58 Å². The monoisotopic (exact) mass is 272 g/mol. The van der Waals surface area contributed by atoms with Crippen LogP contribution in [0.5, 0.6) is 0 Å². The quantitative estimate of drug-likeness (QED) is 0.808. The van der Waals surface area contributed by atoms with Gasteiger partial charge in [0.05, 0.1) is 0 Å². The van der Waals surface area contributed by atoms with E-state index in [4.69, 9.17) is 0 Å². The van der Waals surface area contributed by atoms with Crippen molar-refractivity contribution < 1.29 is 9.59 Å². The Morgan fingerprint density at radius 3 is 2.20 bits per heavy atom. The lowest BCUT2D eigenvalue weighted by Gasteiger charge is -2.12. The van der Waals surface area contributed by atoms with Crippen LogP contribution in [0.4, 0.5) is 0 Å². The maximum Gasteiger partial charge on any atom is 0.251 e. The third kappa shape index (κ3) is 3.70. The molecule has 0 spiro atoms. The Balaban J connectivity index is 1.94. The predicted octanol–water partition coefficient (Wildman–Crippen LogP) is 2.27. The van der Waals surface area contributed by atoms with E-state index in [2.05, 4.69) is 17.2 Å². The molecule has 1 aliphatic carbocycles. The summed E-state index contributed by atoms with van der Waals surface area (Å²) >= 11 is 0. The molecule has 2 rings (SSSR count). The minimum absolute atomic E-state index is 0.0602. The molecule has 0 unspecified atom stereocenters. The molecule has 0 atom stereocenters. The molecule has 1 aromatic rings. The molecule has 20 heavy (non-hydrogen) atoms. The Hall–Kier alpha value is -2.10. The van der Waals surface area contributed by atoms with Crippen molar-refractivity contribution in [2.24, 2.45) is 0 Å². The normalized spacial score (nSPS) is 14.8. The maximum absolute atomic E-state index is 12.0. The molecule has 0 bridgehead atoms. The highest BCUT2D eigenvalue weighted by atomic mass is 16.2. The fraction of sp³-hybridized carbons (Fsp3) is 0.375. The zero-order valence-corrected chi connectivity index (χ0v) is 11.5. The summed E-state index contributed by atoms with van der Waals surface area (Å²) in [5.41, 5.74) is 1.14. The van der Waals surface area contributed by atoms with Crippen molar-refractivity contribution >= 4 is 11.8 Å². The van der Waals surface area contributed by atoms with Gasteiger partial charge in [0.1, 0.15) is 0 Å². The van der Waals surface area contributed by atoms with E-state index in [9.17, 15) is 9.59 Å². The average molecular weight is 272 g/mol. The van der Waals surface area contributed by atoms with Crippen LogP contribution in [0.2, 0.25) is 0 Å². The smallest absolute Gasteiger partial charge is 0.251 e. The van der Waals surface area contributed by atoms with E-state index in [1.165, 1.54) is 12.8 Å². The van der Waals surface area contributed by atoms with Gasteiger partial charge < -0.3 is 10.6 Å². The Kier molecular flexibility index (Phi) is 4.93. The van der Waals surface area contributed by atoms with Gasteiger partial charge in [-0.25, -0.2) is 0 Å². The van der Waals surface area contributed by atoms with Crippen molar-refractivity contribution in [2.75, 3.05) is 6.54 Å². The molecule has 1 fully saturated rings. The van der Waals surface area contributed by atoms with Gasteiger partial charge in [0, 0.05) is 23.7 Å². The molecular weight excluding hydrogens is 252 g/mol. The van der Waals surface area contributed by atoms with E-state index in [-0.39, 0.29) is 11.8 Å². The second-order valence-corrected chi connectivity index (χ2v) is 5.03. The van der Waals surface area contributed by atoms with E-state index < -0.39 is 0 Å². The minimum atomic E-state index is -0.160. The number of nitrogens with one attached hydrogen (secondary N) is 2. The number of hydrogen-bond donors (Lipinski definition) is 2. The van der Waals surface area contributed by atoms with Gasteiger partial charge in [-0.2, -0.15) is 0 Å². The average Bonchev–Trinajstić information content (AvgIpc) is 2.97. The first kappa shape index (κ1) is 14.3. The molecule has 0 heterocycles.